The Bertz CT molecular complexity index is 218. The third-order valence-corrected chi connectivity index (χ3v) is 1.58. The van der Waals surface area contributed by atoms with Gasteiger partial charge in [0.15, 0.2) is 0 Å². The van der Waals surface area contributed by atoms with E-state index in [2.05, 4.69) is 17.2 Å². The third kappa shape index (κ3) is 2.88. The van der Waals surface area contributed by atoms with Gasteiger partial charge in [-0.2, -0.15) is 0 Å². The fourth-order valence-corrected chi connectivity index (χ4v) is 0.934. The van der Waals surface area contributed by atoms with E-state index in [1.54, 1.807) is 6.20 Å². The van der Waals surface area contributed by atoms with Gasteiger partial charge in [-0.25, -0.2) is 0 Å². The molecule has 1 aromatic heterocycles. The molecule has 0 saturated carbocycles. The summed E-state index contributed by atoms with van der Waals surface area (Å²) in [6, 6.07) is 3.81. The first kappa shape index (κ1) is 9.00. The molecule has 3 N–H and O–H groups in total. The highest BCUT2D eigenvalue weighted by Crippen LogP contribution is 2.00. The Morgan fingerprint density at radius 3 is 2.92 bits per heavy atom. The second kappa shape index (κ2) is 4.72. The van der Waals surface area contributed by atoms with E-state index in [1.807, 2.05) is 12.1 Å². The molecule has 12 heavy (non-hydrogen) atoms. The Balaban J connectivity index is 2.37. The Hall–Kier alpha value is -1.09. The molecule has 0 unspecified atom stereocenters. The summed E-state index contributed by atoms with van der Waals surface area (Å²) in [5.74, 6) is 0. The second-order valence-electron chi connectivity index (χ2n) is 2.76. The summed E-state index contributed by atoms with van der Waals surface area (Å²) < 4.78 is 0. The van der Waals surface area contributed by atoms with Crippen LogP contribution in [0.5, 0.6) is 0 Å². The highest BCUT2D eigenvalue weighted by Gasteiger charge is 1.91. The second-order valence-corrected chi connectivity index (χ2v) is 2.76. The third-order valence-electron chi connectivity index (χ3n) is 1.58. The summed E-state index contributed by atoms with van der Waals surface area (Å²) in [5.41, 5.74) is 7.25. The van der Waals surface area contributed by atoms with Crippen molar-refractivity contribution >= 4 is 5.69 Å². The fourth-order valence-electron chi connectivity index (χ4n) is 0.934. The van der Waals surface area contributed by atoms with Crippen LogP contribution in [0.2, 0.25) is 0 Å². The van der Waals surface area contributed by atoms with Crippen LogP contribution in [-0.4, -0.2) is 11.5 Å². The first-order valence-electron chi connectivity index (χ1n) is 4.24. The van der Waals surface area contributed by atoms with Crippen molar-refractivity contribution in [1.82, 2.24) is 10.3 Å². The van der Waals surface area contributed by atoms with Gasteiger partial charge in [-0.15, -0.1) is 0 Å². The number of hydrogen-bond acceptors (Lipinski definition) is 3. The number of aromatic nitrogens is 1. The van der Waals surface area contributed by atoms with E-state index >= 15 is 0 Å². The van der Waals surface area contributed by atoms with Crippen LogP contribution in [0.15, 0.2) is 18.3 Å². The van der Waals surface area contributed by atoms with Crippen molar-refractivity contribution in [2.24, 2.45) is 0 Å². The number of nitrogens with zero attached hydrogens (tertiary/aromatic N) is 1. The zero-order valence-electron chi connectivity index (χ0n) is 7.38. The predicted molar refractivity (Wildman–Crippen MR) is 50.6 cm³/mol. The molecule has 1 heterocycles. The van der Waals surface area contributed by atoms with E-state index in [0.717, 1.165) is 25.2 Å². The van der Waals surface area contributed by atoms with Crippen molar-refractivity contribution in [2.75, 3.05) is 12.3 Å². The van der Waals surface area contributed by atoms with Crippen molar-refractivity contribution in [3.8, 4) is 0 Å². The molecule has 1 aromatic rings. The molecule has 0 fully saturated rings. The van der Waals surface area contributed by atoms with Gasteiger partial charge in [0, 0.05) is 6.54 Å². The van der Waals surface area contributed by atoms with Crippen LogP contribution in [0.4, 0.5) is 5.69 Å². The van der Waals surface area contributed by atoms with Crippen LogP contribution in [0.1, 0.15) is 19.0 Å². The minimum absolute atomic E-state index is 0.717. The van der Waals surface area contributed by atoms with E-state index in [-0.39, 0.29) is 0 Å². The largest absolute Gasteiger partial charge is 0.397 e. The number of nitrogens with one attached hydrogen (secondary N) is 1. The summed E-state index contributed by atoms with van der Waals surface area (Å²) in [6.07, 6.45) is 2.83. The lowest BCUT2D eigenvalue weighted by atomic mass is 10.3. The minimum atomic E-state index is 0.717. The molecule has 3 heteroatoms. The van der Waals surface area contributed by atoms with Gasteiger partial charge in [0.2, 0.25) is 0 Å². The average molecular weight is 165 g/mol. The lowest BCUT2D eigenvalue weighted by Gasteiger charge is -2.01. The summed E-state index contributed by atoms with van der Waals surface area (Å²) >= 11 is 0. The number of hydrogen-bond donors (Lipinski definition) is 2. The SMILES string of the molecule is CCCNCc1ccc(N)cn1. The van der Waals surface area contributed by atoms with Crippen molar-refractivity contribution in [3.05, 3.63) is 24.0 Å². The van der Waals surface area contributed by atoms with Crippen molar-refractivity contribution < 1.29 is 0 Å². The summed E-state index contributed by atoms with van der Waals surface area (Å²) in [7, 11) is 0. The molecule has 0 bridgehead atoms. The van der Waals surface area contributed by atoms with Crippen LogP contribution in [0, 0.1) is 0 Å². The van der Waals surface area contributed by atoms with E-state index < -0.39 is 0 Å². The zero-order valence-corrected chi connectivity index (χ0v) is 7.38. The quantitative estimate of drug-likeness (QED) is 0.658. The lowest BCUT2D eigenvalue weighted by Crippen LogP contribution is -2.14. The Labute approximate surface area is 73.0 Å². The maximum absolute atomic E-state index is 5.50. The fraction of sp³-hybridized carbons (Fsp3) is 0.444. The molecule has 0 saturated heterocycles. The van der Waals surface area contributed by atoms with Gasteiger partial charge in [-0.3, -0.25) is 4.98 Å². The molecule has 66 valence electrons. The molecular weight excluding hydrogens is 150 g/mol. The topological polar surface area (TPSA) is 50.9 Å². The smallest absolute Gasteiger partial charge is 0.0543 e. The number of pyridine rings is 1. The normalized spacial score (nSPS) is 10.1. The van der Waals surface area contributed by atoms with Gasteiger partial charge in [0.1, 0.15) is 0 Å². The number of anilines is 1. The van der Waals surface area contributed by atoms with Gasteiger partial charge in [-0.05, 0) is 25.1 Å². The van der Waals surface area contributed by atoms with Crippen LogP contribution >= 0.6 is 0 Å². The molecule has 0 amide bonds. The first-order valence-corrected chi connectivity index (χ1v) is 4.24. The first-order chi connectivity index (χ1) is 5.83. The predicted octanol–water partition coefficient (Wildman–Crippen LogP) is 1.16. The molecule has 1 rings (SSSR count). The zero-order chi connectivity index (χ0) is 8.81. The highest BCUT2D eigenvalue weighted by molar-refractivity contribution is 5.34. The van der Waals surface area contributed by atoms with Gasteiger partial charge < -0.3 is 11.1 Å². The van der Waals surface area contributed by atoms with E-state index in [9.17, 15) is 0 Å². The Morgan fingerprint density at radius 2 is 2.33 bits per heavy atom. The average Bonchev–Trinajstić information content (AvgIpc) is 2.09. The molecule has 0 atom stereocenters. The molecular formula is C9H15N3. The summed E-state index contributed by atoms with van der Waals surface area (Å²) in [6.45, 7) is 4.00. The summed E-state index contributed by atoms with van der Waals surface area (Å²) in [5, 5.41) is 3.27. The number of rotatable bonds is 4. The molecule has 0 aliphatic carbocycles. The monoisotopic (exact) mass is 165 g/mol. The van der Waals surface area contributed by atoms with Crippen LogP contribution < -0.4 is 11.1 Å². The molecule has 0 radical (unpaired) electrons. The standard InChI is InChI=1S/C9H15N3/c1-2-5-11-7-9-4-3-8(10)6-12-9/h3-4,6,11H,2,5,7,10H2,1H3. The molecule has 0 aliphatic heterocycles. The number of nitrogens with two attached hydrogens (primary N) is 1. The molecule has 0 spiro atoms. The lowest BCUT2D eigenvalue weighted by molar-refractivity contribution is 0.664. The van der Waals surface area contributed by atoms with Crippen molar-refractivity contribution in [2.45, 2.75) is 19.9 Å². The Morgan fingerprint density at radius 1 is 1.50 bits per heavy atom. The van der Waals surface area contributed by atoms with Gasteiger partial charge in [-0.1, -0.05) is 6.92 Å². The maximum Gasteiger partial charge on any atom is 0.0543 e. The van der Waals surface area contributed by atoms with Crippen LogP contribution in [-0.2, 0) is 6.54 Å². The maximum atomic E-state index is 5.50. The van der Waals surface area contributed by atoms with Crippen LogP contribution in [0.25, 0.3) is 0 Å². The molecule has 0 aromatic carbocycles. The van der Waals surface area contributed by atoms with Crippen LogP contribution in [0.3, 0.4) is 0 Å². The molecule has 0 aliphatic rings. The summed E-state index contributed by atoms with van der Waals surface area (Å²) in [4.78, 5) is 4.16. The number of nitrogen functional groups attached to an aromatic ring is 1. The Kier molecular flexibility index (Phi) is 3.54. The van der Waals surface area contributed by atoms with Crippen molar-refractivity contribution in [3.63, 3.8) is 0 Å². The van der Waals surface area contributed by atoms with Crippen molar-refractivity contribution in [1.29, 1.82) is 0 Å². The highest BCUT2D eigenvalue weighted by atomic mass is 14.9. The van der Waals surface area contributed by atoms with E-state index in [4.69, 9.17) is 5.73 Å². The van der Waals surface area contributed by atoms with Gasteiger partial charge in [0.25, 0.3) is 0 Å². The minimum Gasteiger partial charge on any atom is -0.397 e. The van der Waals surface area contributed by atoms with Gasteiger partial charge >= 0.3 is 0 Å². The molecule has 3 nitrogen and oxygen atoms in total. The van der Waals surface area contributed by atoms with Gasteiger partial charge in [0.05, 0.1) is 17.6 Å². The van der Waals surface area contributed by atoms with E-state index in [0.29, 0.717) is 5.69 Å². The van der Waals surface area contributed by atoms with E-state index in [1.165, 1.54) is 0 Å².